The number of nitrogens with zero attached hydrogens (tertiary/aromatic N) is 2. The van der Waals surface area contributed by atoms with Crippen LogP contribution in [0.15, 0.2) is 60.7 Å². The molecule has 1 heterocycles. The molecule has 1 aliphatic rings. The molecule has 0 unspecified atom stereocenters. The van der Waals surface area contributed by atoms with E-state index in [4.69, 9.17) is 0 Å². The van der Waals surface area contributed by atoms with Crippen LogP contribution < -0.4 is 10.2 Å². The average Bonchev–Trinajstić information content (AvgIpc) is 2.73. The molecule has 0 saturated carbocycles. The lowest BCUT2D eigenvalue weighted by atomic mass is 10.1. The predicted molar refractivity (Wildman–Crippen MR) is 113 cm³/mol. The molecule has 0 aliphatic carbocycles. The lowest BCUT2D eigenvalue weighted by Gasteiger charge is -2.36. The molecule has 146 valence electrons. The van der Waals surface area contributed by atoms with Gasteiger partial charge in [-0.2, -0.15) is 0 Å². The van der Waals surface area contributed by atoms with Crippen molar-refractivity contribution in [3.05, 3.63) is 71.8 Å². The minimum atomic E-state index is -0.178. The fraction of sp³-hybridized carbons (Fsp3) is 0.304. The second-order valence-electron chi connectivity index (χ2n) is 6.99. The Bertz CT molecular complexity index is 825. The van der Waals surface area contributed by atoms with E-state index < -0.39 is 0 Å². The number of para-hydroxylation sites is 1. The number of rotatable bonds is 6. The maximum atomic E-state index is 12.4. The molecule has 2 aromatic carbocycles. The number of benzene rings is 2. The topological polar surface area (TPSA) is 52.7 Å². The quantitative estimate of drug-likeness (QED) is 0.788. The Morgan fingerprint density at radius 2 is 1.75 bits per heavy atom. The Balaban J connectivity index is 1.37. The lowest BCUT2D eigenvalue weighted by Crippen LogP contribution is -2.49. The van der Waals surface area contributed by atoms with E-state index >= 15 is 0 Å². The Morgan fingerprint density at radius 1 is 1.00 bits per heavy atom. The van der Waals surface area contributed by atoms with Crippen LogP contribution in [-0.2, 0) is 9.59 Å². The molecule has 5 heteroatoms. The van der Waals surface area contributed by atoms with Crippen molar-refractivity contribution in [2.45, 2.75) is 13.3 Å². The molecule has 5 nitrogen and oxygen atoms in total. The van der Waals surface area contributed by atoms with Gasteiger partial charge in [0.15, 0.2) is 0 Å². The van der Waals surface area contributed by atoms with Gasteiger partial charge >= 0.3 is 0 Å². The van der Waals surface area contributed by atoms with Crippen LogP contribution in [0.2, 0.25) is 0 Å². The van der Waals surface area contributed by atoms with Crippen LogP contribution in [-0.4, -0.2) is 49.4 Å². The van der Waals surface area contributed by atoms with Gasteiger partial charge in [0.25, 0.3) is 0 Å². The zero-order valence-corrected chi connectivity index (χ0v) is 16.3. The summed E-state index contributed by atoms with van der Waals surface area (Å²) in [5.74, 6) is -0.0844. The van der Waals surface area contributed by atoms with E-state index in [1.54, 1.807) is 6.08 Å². The maximum absolute atomic E-state index is 12.4. The van der Waals surface area contributed by atoms with Crippen molar-refractivity contribution in [1.82, 2.24) is 10.2 Å². The van der Waals surface area contributed by atoms with E-state index in [0.717, 1.165) is 37.3 Å². The maximum Gasteiger partial charge on any atom is 0.244 e. The van der Waals surface area contributed by atoms with E-state index in [1.165, 1.54) is 11.8 Å². The third-order valence-electron chi connectivity index (χ3n) is 4.86. The van der Waals surface area contributed by atoms with Gasteiger partial charge in [-0.25, -0.2) is 0 Å². The van der Waals surface area contributed by atoms with E-state index in [0.29, 0.717) is 13.0 Å². The van der Waals surface area contributed by atoms with Crippen LogP contribution in [0.25, 0.3) is 6.08 Å². The smallest absolute Gasteiger partial charge is 0.244 e. The van der Waals surface area contributed by atoms with Crippen LogP contribution in [0.3, 0.4) is 0 Å². The number of piperazine rings is 1. The van der Waals surface area contributed by atoms with Crippen LogP contribution in [0.4, 0.5) is 5.69 Å². The third-order valence-corrected chi connectivity index (χ3v) is 4.86. The van der Waals surface area contributed by atoms with Gasteiger partial charge in [-0.05, 0) is 30.7 Å². The summed E-state index contributed by atoms with van der Waals surface area (Å²) in [6.07, 6.45) is 3.63. The van der Waals surface area contributed by atoms with E-state index in [2.05, 4.69) is 22.3 Å². The van der Waals surface area contributed by atoms with Crippen molar-refractivity contribution in [3.63, 3.8) is 0 Å². The highest BCUT2D eigenvalue weighted by molar-refractivity contribution is 5.92. The van der Waals surface area contributed by atoms with Gasteiger partial charge in [0, 0.05) is 50.9 Å². The van der Waals surface area contributed by atoms with Gasteiger partial charge in [0.2, 0.25) is 11.8 Å². The lowest BCUT2D eigenvalue weighted by molar-refractivity contribution is -0.131. The molecule has 1 N–H and O–H groups in total. The van der Waals surface area contributed by atoms with Crippen LogP contribution >= 0.6 is 0 Å². The highest BCUT2D eigenvalue weighted by Crippen LogP contribution is 2.15. The summed E-state index contributed by atoms with van der Waals surface area (Å²) < 4.78 is 0. The van der Waals surface area contributed by atoms with Crippen LogP contribution in [0.5, 0.6) is 0 Å². The Labute approximate surface area is 166 Å². The van der Waals surface area contributed by atoms with Gasteiger partial charge in [0.05, 0.1) is 0 Å². The van der Waals surface area contributed by atoms with Crippen LogP contribution in [0, 0.1) is 6.92 Å². The number of carbonyl (C=O) groups is 2. The van der Waals surface area contributed by atoms with Crippen molar-refractivity contribution in [1.29, 1.82) is 0 Å². The normalized spacial score (nSPS) is 14.3. The summed E-state index contributed by atoms with van der Waals surface area (Å²) in [7, 11) is 0. The summed E-state index contributed by atoms with van der Waals surface area (Å²) in [6.45, 7) is 5.48. The molecule has 3 rings (SSSR count). The number of nitrogens with one attached hydrogen (secondary N) is 1. The van der Waals surface area contributed by atoms with Crippen molar-refractivity contribution in [3.8, 4) is 0 Å². The Kier molecular flexibility index (Phi) is 6.84. The minimum Gasteiger partial charge on any atom is -0.368 e. The first kappa shape index (κ1) is 19.7. The molecule has 2 aromatic rings. The first-order valence-corrected chi connectivity index (χ1v) is 9.72. The number of amides is 2. The molecular weight excluding hydrogens is 350 g/mol. The second-order valence-corrected chi connectivity index (χ2v) is 6.99. The summed E-state index contributed by atoms with van der Waals surface area (Å²) in [5.41, 5.74) is 3.34. The van der Waals surface area contributed by atoms with Gasteiger partial charge in [-0.3, -0.25) is 9.59 Å². The van der Waals surface area contributed by atoms with Crippen molar-refractivity contribution < 1.29 is 9.59 Å². The predicted octanol–water partition coefficient (Wildman–Crippen LogP) is 2.86. The number of carbonyl (C=O) groups excluding carboxylic acids is 2. The van der Waals surface area contributed by atoms with Gasteiger partial charge in [-0.15, -0.1) is 0 Å². The SMILES string of the molecule is Cc1cccc(/C=C/C(=O)NCCC(=O)N2CCN(c3ccccc3)CC2)c1. The highest BCUT2D eigenvalue weighted by Gasteiger charge is 2.20. The first-order valence-electron chi connectivity index (χ1n) is 9.72. The molecule has 1 aliphatic heterocycles. The minimum absolute atomic E-state index is 0.0932. The molecule has 0 atom stereocenters. The summed E-state index contributed by atoms with van der Waals surface area (Å²) >= 11 is 0. The third kappa shape index (κ3) is 5.71. The average molecular weight is 377 g/mol. The van der Waals surface area contributed by atoms with E-state index in [-0.39, 0.29) is 11.8 Å². The van der Waals surface area contributed by atoms with Crippen molar-refractivity contribution >= 4 is 23.6 Å². The Morgan fingerprint density at radius 3 is 2.46 bits per heavy atom. The van der Waals surface area contributed by atoms with Crippen LogP contribution in [0.1, 0.15) is 17.5 Å². The molecule has 0 radical (unpaired) electrons. The summed E-state index contributed by atoms with van der Waals surface area (Å²) in [6, 6.07) is 18.2. The number of hydrogen-bond donors (Lipinski definition) is 1. The number of aryl methyl sites for hydroxylation is 1. The molecule has 0 spiro atoms. The molecule has 1 fully saturated rings. The standard InChI is InChI=1S/C23H27N3O2/c1-19-6-5-7-20(18-19)10-11-22(27)24-13-12-23(28)26-16-14-25(15-17-26)21-8-3-2-4-9-21/h2-11,18H,12-17H2,1H3,(H,24,27)/b11-10+. The summed E-state index contributed by atoms with van der Waals surface area (Å²) in [4.78, 5) is 28.5. The van der Waals surface area contributed by atoms with E-state index in [1.807, 2.05) is 54.3 Å². The molecule has 2 amide bonds. The number of hydrogen-bond acceptors (Lipinski definition) is 3. The first-order chi connectivity index (χ1) is 13.6. The molecule has 0 aromatic heterocycles. The fourth-order valence-corrected chi connectivity index (χ4v) is 3.31. The van der Waals surface area contributed by atoms with Gasteiger partial charge in [0.1, 0.15) is 0 Å². The monoisotopic (exact) mass is 377 g/mol. The van der Waals surface area contributed by atoms with E-state index in [9.17, 15) is 9.59 Å². The number of anilines is 1. The largest absolute Gasteiger partial charge is 0.368 e. The molecule has 28 heavy (non-hydrogen) atoms. The molecule has 0 bridgehead atoms. The zero-order chi connectivity index (χ0) is 19.8. The van der Waals surface area contributed by atoms with Gasteiger partial charge in [-0.1, -0.05) is 48.0 Å². The van der Waals surface area contributed by atoms with Crippen molar-refractivity contribution in [2.24, 2.45) is 0 Å². The molecule has 1 saturated heterocycles. The highest BCUT2D eigenvalue weighted by atomic mass is 16.2. The molecular formula is C23H27N3O2. The summed E-state index contributed by atoms with van der Waals surface area (Å²) in [5, 5.41) is 2.79. The zero-order valence-electron chi connectivity index (χ0n) is 16.3. The fourth-order valence-electron chi connectivity index (χ4n) is 3.31. The Hall–Kier alpha value is -3.08. The van der Waals surface area contributed by atoms with Gasteiger partial charge < -0.3 is 15.1 Å². The second kappa shape index (κ2) is 9.74. The van der Waals surface area contributed by atoms with Crippen molar-refractivity contribution in [2.75, 3.05) is 37.6 Å².